The summed E-state index contributed by atoms with van der Waals surface area (Å²) in [6.45, 7) is 0. The van der Waals surface area contributed by atoms with Gasteiger partial charge in [0.15, 0.2) is 5.58 Å². The third-order valence-corrected chi connectivity index (χ3v) is 11.8. The minimum atomic E-state index is 0.864. The van der Waals surface area contributed by atoms with E-state index in [4.69, 9.17) is 4.42 Å². The number of benzene rings is 9. The molecule has 0 bridgehead atoms. The first-order valence-corrected chi connectivity index (χ1v) is 18.8. The van der Waals surface area contributed by atoms with Gasteiger partial charge in [0.1, 0.15) is 5.58 Å². The number of thiophene rings is 1. The van der Waals surface area contributed by atoms with Crippen LogP contribution in [0.4, 0.5) is 17.1 Å². The van der Waals surface area contributed by atoms with Gasteiger partial charge < -0.3 is 9.32 Å². The van der Waals surface area contributed by atoms with E-state index in [1.807, 2.05) is 11.3 Å². The van der Waals surface area contributed by atoms with Gasteiger partial charge in [0.05, 0.1) is 5.69 Å². The lowest BCUT2D eigenvalue weighted by molar-refractivity contribution is 0.670. The smallest absolute Gasteiger partial charge is 0.159 e. The molecule has 0 aliphatic rings. The zero-order valence-corrected chi connectivity index (χ0v) is 29.5. The topological polar surface area (TPSA) is 16.4 Å². The number of hydrogen-bond donors (Lipinski definition) is 0. The monoisotopic (exact) mass is 693 g/mol. The van der Waals surface area contributed by atoms with Gasteiger partial charge in [-0.25, -0.2) is 0 Å². The lowest BCUT2D eigenvalue weighted by Gasteiger charge is -2.26. The molecule has 0 aliphatic carbocycles. The standard InChI is InChI=1S/C50H31NOS/c1-2-12-32(13-3-1)34-24-27-37(28-25-34)51(38-29-26-33-14-4-5-15-35(33)30-38)45-22-11-19-41-44-31-36-16-6-7-17-39(36)47(49(44)52-48(41)45)43-21-10-20-42-40-18-8-9-23-46(40)53-50(42)43/h1-31H. The van der Waals surface area contributed by atoms with Crippen molar-refractivity contribution in [2.45, 2.75) is 0 Å². The number of rotatable bonds is 5. The van der Waals surface area contributed by atoms with E-state index in [-0.39, 0.29) is 0 Å². The fraction of sp³-hybridized carbons (Fsp3) is 0. The maximum atomic E-state index is 7.27. The van der Waals surface area contributed by atoms with Crippen molar-refractivity contribution in [2.24, 2.45) is 0 Å². The summed E-state index contributed by atoms with van der Waals surface area (Å²) >= 11 is 1.86. The summed E-state index contributed by atoms with van der Waals surface area (Å²) in [6.07, 6.45) is 0. The van der Waals surface area contributed by atoms with Gasteiger partial charge in [-0.05, 0) is 75.1 Å². The van der Waals surface area contributed by atoms with E-state index in [9.17, 15) is 0 Å². The highest BCUT2D eigenvalue weighted by molar-refractivity contribution is 7.26. The summed E-state index contributed by atoms with van der Waals surface area (Å²) in [5.41, 5.74) is 9.63. The van der Waals surface area contributed by atoms with Crippen molar-refractivity contribution in [2.75, 3.05) is 4.90 Å². The van der Waals surface area contributed by atoms with Crippen molar-refractivity contribution in [3.63, 3.8) is 0 Å². The Morgan fingerprint density at radius 2 is 1.06 bits per heavy atom. The normalized spacial score (nSPS) is 11.8. The summed E-state index contributed by atoms with van der Waals surface area (Å²) in [5.74, 6) is 0. The van der Waals surface area contributed by atoms with E-state index in [1.165, 1.54) is 58.4 Å². The molecule has 0 spiro atoms. The van der Waals surface area contributed by atoms with Gasteiger partial charge in [0.2, 0.25) is 0 Å². The van der Waals surface area contributed by atoms with E-state index in [0.29, 0.717) is 0 Å². The summed E-state index contributed by atoms with van der Waals surface area (Å²) in [6, 6.07) is 67.7. The molecule has 2 heterocycles. The zero-order valence-electron chi connectivity index (χ0n) is 28.7. The Balaban J connectivity index is 1.19. The third kappa shape index (κ3) is 4.78. The van der Waals surface area contributed by atoms with Gasteiger partial charge in [-0.1, -0.05) is 146 Å². The molecule has 0 radical (unpaired) electrons. The molecule has 0 atom stereocenters. The summed E-state index contributed by atoms with van der Waals surface area (Å²) < 4.78 is 9.84. The predicted molar refractivity (Wildman–Crippen MR) is 227 cm³/mol. The lowest BCUT2D eigenvalue weighted by Crippen LogP contribution is -2.10. The average molecular weight is 694 g/mol. The second kappa shape index (κ2) is 11.9. The molecule has 0 N–H and O–H groups in total. The Kier molecular flexibility index (Phi) is 6.76. The van der Waals surface area contributed by atoms with Gasteiger partial charge in [-0.2, -0.15) is 0 Å². The molecular formula is C50H31NOS. The summed E-state index contributed by atoms with van der Waals surface area (Å²) in [7, 11) is 0. The molecule has 53 heavy (non-hydrogen) atoms. The number of hydrogen-bond acceptors (Lipinski definition) is 3. The molecular weight excluding hydrogens is 663 g/mol. The predicted octanol–water partition coefficient (Wildman–Crippen LogP) is 15.1. The molecule has 2 aromatic heterocycles. The van der Waals surface area contributed by atoms with E-state index >= 15 is 0 Å². The third-order valence-electron chi connectivity index (χ3n) is 10.6. The van der Waals surface area contributed by atoms with Crippen molar-refractivity contribution >= 4 is 92.1 Å². The molecule has 11 aromatic rings. The van der Waals surface area contributed by atoms with Crippen molar-refractivity contribution in [3.8, 4) is 22.3 Å². The van der Waals surface area contributed by atoms with Crippen LogP contribution in [-0.4, -0.2) is 0 Å². The fourth-order valence-corrected chi connectivity index (χ4v) is 9.37. The van der Waals surface area contributed by atoms with Crippen LogP contribution in [0.15, 0.2) is 192 Å². The van der Waals surface area contributed by atoms with Crippen LogP contribution in [0.1, 0.15) is 0 Å². The summed E-state index contributed by atoms with van der Waals surface area (Å²) in [4.78, 5) is 2.35. The molecule has 9 aromatic carbocycles. The van der Waals surface area contributed by atoms with Crippen molar-refractivity contribution in [3.05, 3.63) is 188 Å². The molecule has 0 saturated carbocycles. The molecule has 0 unspecified atom stereocenters. The first-order valence-electron chi connectivity index (χ1n) is 18.0. The van der Waals surface area contributed by atoms with Crippen LogP contribution in [0.2, 0.25) is 0 Å². The molecule has 0 fully saturated rings. The van der Waals surface area contributed by atoms with Crippen molar-refractivity contribution in [1.82, 2.24) is 0 Å². The van der Waals surface area contributed by atoms with Crippen LogP contribution in [0.3, 0.4) is 0 Å². The van der Waals surface area contributed by atoms with Gasteiger partial charge in [-0.3, -0.25) is 0 Å². The highest BCUT2D eigenvalue weighted by Crippen LogP contribution is 2.49. The maximum Gasteiger partial charge on any atom is 0.159 e. The van der Waals surface area contributed by atoms with Crippen LogP contribution < -0.4 is 4.90 Å². The Morgan fingerprint density at radius 3 is 1.92 bits per heavy atom. The first-order chi connectivity index (χ1) is 26.3. The van der Waals surface area contributed by atoms with Crippen LogP contribution >= 0.6 is 11.3 Å². The molecule has 2 nitrogen and oxygen atoms in total. The number of furan rings is 1. The van der Waals surface area contributed by atoms with Crippen molar-refractivity contribution < 1.29 is 4.42 Å². The summed E-state index contributed by atoms with van der Waals surface area (Å²) in [5, 5.41) is 9.58. The quantitative estimate of drug-likeness (QED) is 0.178. The minimum Gasteiger partial charge on any atom is -0.453 e. The molecule has 11 rings (SSSR count). The van der Waals surface area contributed by atoms with Gasteiger partial charge in [-0.15, -0.1) is 11.3 Å². The lowest BCUT2D eigenvalue weighted by atomic mass is 9.94. The van der Waals surface area contributed by atoms with Crippen molar-refractivity contribution in [1.29, 1.82) is 0 Å². The number of para-hydroxylation sites is 1. The van der Waals surface area contributed by atoms with Crippen LogP contribution in [0.25, 0.3) is 85.9 Å². The SMILES string of the molecule is c1ccc(-c2ccc(N(c3ccc4ccccc4c3)c3cccc4c3oc3c(-c5cccc6c5sc5ccccc56)c5ccccc5cc34)cc2)cc1. The van der Waals surface area contributed by atoms with Crippen LogP contribution in [-0.2, 0) is 0 Å². The highest BCUT2D eigenvalue weighted by atomic mass is 32.1. The molecule has 0 amide bonds. The number of anilines is 3. The van der Waals surface area contributed by atoms with E-state index < -0.39 is 0 Å². The fourth-order valence-electron chi connectivity index (χ4n) is 8.15. The Labute approximate surface area is 310 Å². The second-order valence-electron chi connectivity index (χ2n) is 13.7. The zero-order chi connectivity index (χ0) is 34.9. The Hall–Kier alpha value is -6.68. The number of fused-ring (bicyclic) bond motifs is 8. The maximum absolute atomic E-state index is 7.27. The van der Waals surface area contributed by atoms with Gasteiger partial charge in [0.25, 0.3) is 0 Å². The molecule has 0 saturated heterocycles. The average Bonchev–Trinajstić information content (AvgIpc) is 3.80. The van der Waals surface area contributed by atoms with Crippen LogP contribution in [0.5, 0.6) is 0 Å². The largest absolute Gasteiger partial charge is 0.453 e. The van der Waals surface area contributed by atoms with E-state index in [1.54, 1.807) is 0 Å². The van der Waals surface area contributed by atoms with E-state index in [0.717, 1.165) is 44.6 Å². The highest BCUT2D eigenvalue weighted by Gasteiger charge is 2.23. The minimum absolute atomic E-state index is 0.864. The Morgan fingerprint density at radius 1 is 0.396 bits per heavy atom. The van der Waals surface area contributed by atoms with E-state index in [2.05, 4.69) is 193 Å². The molecule has 0 aliphatic heterocycles. The van der Waals surface area contributed by atoms with Crippen LogP contribution in [0, 0.1) is 0 Å². The molecule has 248 valence electrons. The van der Waals surface area contributed by atoms with Gasteiger partial charge in [0, 0.05) is 53.4 Å². The number of nitrogens with zero attached hydrogens (tertiary/aromatic N) is 1. The Bertz CT molecular complexity index is 3170. The first kappa shape index (κ1) is 30.0. The molecule has 3 heteroatoms. The second-order valence-corrected chi connectivity index (χ2v) is 14.7. The van der Waals surface area contributed by atoms with Gasteiger partial charge >= 0.3 is 0 Å².